The van der Waals surface area contributed by atoms with E-state index in [1.807, 2.05) is 0 Å². The number of fused-ring (bicyclic) bond motifs is 2. The van der Waals surface area contributed by atoms with Gasteiger partial charge < -0.3 is 10.6 Å². The van der Waals surface area contributed by atoms with E-state index in [2.05, 4.69) is 20.9 Å². The largest absolute Gasteiger partial charge is 0.353 e. The van der Waals surface area contributed by atoms with Crippen molar-refractivity contribution in [1.29, 1.82) is 0 Å². The Morgan fingerprint density at radius 2 is 1.74 bits per heavy atom. The maximum Gasteiger partial charge on any atom is 0.224 e. The van der Waals surface area contributed by atoms with E-state index < -0.39 is 6.17 Å². The van der Waals surface area contributed by atoms with Crippen LogP contribution < -0.4 is 16.0 Å². The van der Waals surface area contributed by atoms with Crippen molar-refractivity contribution in [3.05, 3.63) is 0 Å². The number of rotatable bonds is 3. The topological polar surface area (TPSA) is 56.4 Å². The lowest BCUT2D eigenvalue weighted by Crippen LogP contribution is -2.64. The minimum Gasteiger partial charge on any atom is -0.353 e. The first kappa shape index (κ1) is 18.6. The molecule has 27 heavy (non-hydrogen) atoms. The highest BCUT2D eigenvalue weighted by atomic mass is 35.5. The Morgan fingerprint density at radius 1 is 1.00 bits per heavy atom. The Hall–Kier alpha value is -0.430. The van der Waals surface area contributed by atoms with Crippen LogP contribution in [0.1, 0.15) is 44.9 Å². The fraction of sp³-hybridized carbons (Fsp3) is 0.950. The molecule has 7 heteroatoms. The maximum atomic E-state index is 14.0. The molecule has 0 bridgehead atoms. The van der Waals surface area contributed by atoms with Gasteiger partial charge in [0.05, 0.1) is 6.17 Å². The van der Waals surface area contributed by atoms with Gasteiger partial charge in [-0.15, -0.1) is 11.6 Å². The highest BCUT2D eigenvalue weighted by Gasteiger charge is 2.61. The monoisotopic (exact) mass is 398 g/mol. The second kappa shape index (κ2) is 7.43. The summed E-state index contributed by atoms with van der Waals surface area (Å²) < 4.78 is 14.0. The molecule has 0 spiro atoms. The lowest BCUT2D eigenvalue weighted by molar-refractivity contribution is -0.124. The Balaban J connectivity index is 1.13. The van der Waals surface area contributed by atoms with Crippen molar-refractivity contribution in [2.45, 2.75) is 74.7 Å². The van der Waals surface area contributed by atoms with Crippen molar-refractivity contribution < 1.29 is 9.18 Å². The third-order valence-electron chi connectivity index (χ3n) is 7.84. The lowest BCUT2D eigenvalue weighted by Gasteiger charge is -2.47. The molecule has 2 saturated heterocycles. The number of amides is 1. The van der Waals surface area contributed by atoms with Gasteiger partial charge in [0.2, 0.25) is 5.91 Å². The molecule has 5 unspecified atom stereocenters. The maximum absolute atomic E-state index is 14.0. The highest BCUT2D eigenvalue weighted by Crippen LogP contribution is 2.53. The molecule has 0 radical (unpaired) electrons. The molecule has 3 N–H and O–H groups in total. The van der Waals surface area contributed by atoms with Crippen molar-refractivity contribution in [3.63, 3.8) is 0 Å². The molecule has 5 nitrogen and oxygen atoms in total. The second-order valence-electron chi connectivity index (χ2n) is 9.48. The van der Waals surface area contributed by atoms with Crippen LogP contribution in [0.2, 0.25) is 0 Å². The summed E-state index contributed by atoms with van der Waals surface area (Å²) in [7, 11) is 0. The minimum absolute atomic E-state index is 0.202. The molecule has 152 valence electrons. The summed E-state index contributed by atoms with van der Waals surface area (Å²) in [5, 5.41) is 10.7. The molecule has 5 rings (SSSR count). The van der Waals surface area contributed by atoms with Crippen molar-refractivity contribution in [2.24, 2.45) is 23.7 Å². The second-order valence-corrected chi connectivity index (χ2v) is 10.1. The van der Waals surface area contributed by atoms with Gasteiger partial charge in [0.25, 0.3) is 0 Å². The Kier molecular flexibility index (Phi) is 5.12. The third-order valence-corrected chi connectivity index (χ3v) is 8.27. The van der Waals surface area contributed by atoms with Crippen molar-refractivity contribution in [3.8, 4) is 0 Å². The van der Waals surface area contributed by atoms with Gasteiger partial charge in [0.15, 0.2) is 0 Å². The van der Waals surface area contributed by atoms with Gasteiger partial charge in [0.1, 0.15) is 6.17 Å². The van der Waals surface area contributed by atoms with Crippen molar-refractivity contribution >= 4 is 17.5 Å². The zero-order chi connectivity index (χ0) is 18.5. The van der Waals surface area contributed by atoms with E-state index in [1.54, 1.807) is 0 Å². The fourth-order valence-corrected chi connectivity index (χ4v) is 6.52. The van der Waals surface area contributed by atoms with Crippen LogP contribution in [0.4, 0.5) is 4.39 Å². The fourth-order valence-electron chi connectivity index (χ4n) is 6.27. The molecular formula is C20H32ClFN4O. The number of hydrogen-bond acceptors (Lipinski definition) is 4. The van der Waals surface area contributed by atoms with Crippen LogP contribution in [-0.4, -0.2) is 60.4 Å². The van der Waals surface area contributed by atoms with Crippen LogP contribution in [0.5, 0.6) is 0 Å². The van der Waals surface area contributed by atoms with Crippen molar-refractivity contribution in [1.82, 2.24) is 20.9 Å². The molecule has 5 fully saturated rings. The SMILES string of the molecule is O=C(NC1CCC(Cl)CC1)C1[C@H]2CN(C3NCNC4CCC(F)CC43)C[C@@H]12. The standard InChI is InChI=1S/C20H32ClFN4O/c21-11-1-4-13(5-2-11)25-20(27)18-15-8-26(9-16(15)18)19-14-7-12(22)3-6-17(14)23-10-24-19/h11-19,23-24H,1-10H2,(H,25,27)/t11?,12?,13?,14?,15-,16+,17?,18?,19?. The summed E-state index contributed by atoms with van der Waals surface area (Å²) in [6.07, 6.45) is 5.96. The number of halogens is 2. The quantitative estimate of drug-likeness (QED) is 0.635. The number of carbonyl (C=O) groups excluding carboxylic acids is 1. The number of nitrogens with one attached hydrogen (secondary N) is 3. The molecule has 5 aliphatic rings. The predicted molar refractivity (Wildman–Crippen MR) is 103 cm³/mol. The summed E-state index contributed by atoms with van der Waals surface area (Å²) in [5.41, 5.74) is 0. The number of hydrogen-bond donors (Lipinski definition) is 3. The number of nitrogens with zero attached hydrogens (tertiary/aromatic N) is 1. The first-order valence-electron chi connectivity index (χ1n) is 10.9. The number of likely N-dealkylation sites (tertiary alicyclic amines) is 1. The van der Waals surface area contributed by atoms with E-state index in [9.17, 15) is 9.18 Å². The predicted octanol–water partition coefficient (Wildman–Crippen LogP) is 1.81. The van der Waals surface area contributed by atoms with Gasteiger partial charge in [0, 0.05) is 49.1 Å². The average molecular weight is 399 g/mol. The van der Waals surface area contributed by atoms with Crippen LogP contribution in [0.25, 0.3) is 0 Å². The average Bonchev–Trinajstić information content (AvgIpc) is 3.17. The number of piperidine rings is 1. The summed E-state index contributed by atoms with van der Waals surface area (Å²) >= 11 is 6.17. The first-order valence-corrected chi connectivity index (χ1v) is 11.3. The summed E-state index contributed by atoms with van der Waals surface area (Å²) in [6, 6.07) is 0.761. The molecule has 7 atom stereocenters. The molecule has 3 aliphatic carbocycles. The van der Waals surface area contributed by atoms with E-state index in [0.29, 0.717) is 42.7 Å². The van der Waals surface area contributed by atoms with Gasteiger partial charge in [-0.05, 0) is 56.8 Å². The third kappa shape index (κ3) is 3.63. The Morgan fingerprint density at radius 3 is 2.48 bits per heavy atom. The van der Waals surface area contributed by atoms with Crippen LogP contribution >= 0.6 is 11.6 Å². The van der Waals surface area contributed by atoms with E-state index in [4.69, 9.17) is 11.6 Å². The molecule has 3 saturated carbocycles. The summed E-state index contributed by atoms with van der Waals surface area (Å²) in [4.78, 5) is 15.2. The molecule has 0 aromatic carbocycles. The van der Waals surface area contributed by atoms with E-state index in [0.717, 1.165) is 51.9 Å². The smallest absolute Gasteiger partial charge is 0.224 e. The van der Waals surface area contributed by atoms with Crippen LogP contribution in [0.3, 0.4) is 0 Å². The van der Waals surface area contributed by atoms with Gasteiger partial charge in [-0.1, -0.05) is 0 Å². The van der Waals surface area contributed by atoms with Gasteiger partial charge in [-0.25, -0.2) is 4.39 Å². The molecule has 0 aromatic heterocycles. The van der Waals surface area contributed by atoms with E-state index in [-0.39, 0.29) is 23.4 Å². The summed E-state index contributed by atoms with van der Waals surface area (Å²) in [6.45, 7) is 2.77. The van der Waals surface area contributed by atoms with Crippen molar-refractivity contribution in [2.75, 3.05) is 19.8 Å². The normalized spacial score (nSPS) is 49.9. The number of alkyl halides is 2. The zero-order valence-electron chi connectivity index (χ0n) is 15.9. The summed E-state index contributed by atoms with van der Waals surface area (Å²) in [5.74, 6) is 1.80. The Labute approximate surface area is 166 Å². The number of carbonyl (C=O) groups is 1. The van der Waals surface area contributed by atoms with Crippen LogP contribution in [0, 0.1) is 23.7 Å². The Bertz CT molecular complexity index is 560. The lowest BCUT2D eigenvalue weighted by atomic mass is 9.80. The van der Waals surface area contributed by atoms with E-state index in [1.165, 1.54) is 0 Å². The van der Waals surface area contributed by atoms with Gasteiger partial charge >= 0.3 is 0 Å². The highest BCUT2D eigenvalue weighted by molar-refractivity contribution is 6.20. The zero-order valence-corrected chi connectivity index (χ0v) is 16.6. The molecular weight excluding hydrogens is 367 g/mol. The first-order chi connectivity index (χ1) is 13.1. The van der Waals surface area contributed by atoms with Gasteiger partial charge in [-0.3, -0.25) is 15.0 Å². The van der Waals surface area contributed by atoms with Crippen LogP contribution in [0.15, 0.2) is 0 Å². The van der Waals surface area contributed by atoms with Crippen LogP contribution in [-0.2, 0) is 4.79 Å². The molecule has 2 heterocycles. The molecule has 1 amide bonds. The molecule has 2 aliphatic heterocycles. The van der Waals surface area contributed by atoms with Gasteiger partial charge in [-0.2, -0.15) is 0 Å². The van der Waals surface area contributed by atoms with E-state index >= 15 is 0 Å². The molecule has 0 aromatic rings. The minimum atomic E-state index is -0.658.